The average molecular weight is 301 g/mol. The average Bonchev–Trinajstić information content (AvgIpc) is 2.86. The highest BCUT2D eigenvalue weighted by Gasteiger charge is 2.41. The van der Waals surface area contributed by atoms with E-state index in [1.165, 1.54) is 44.8 Å². The fourth-order valence-corrected chi connectivity index (χ4v) is 4.16. The Balaban J connectivity index is 1.99. The number of rotatable bonds is 3. The van der Waals surface area contributed by atoms with Crippen molar-refractivity contribution in [3.05, 3.63) is 29.3 Å². The smallest absolute Gasteiger partial charge is 0.337 e. The lowest BCUT2D eigenvalue weighted by atomic mass is 9.75. The molecule has 0 N–H and O–H groups in total. The molecule has 0 saturated heterocycles. The fraction of sp³-hybridized carbons (Fsp3) is 0.556. The van der Waals surface area contributed by atoms with E-state index in [9.17, 15) is 9.59 Å². The van der Waals surface area contributed by atoms with E-state index in [-0.39, 0.29) is 17.9 Å². The topological polar surface area (TPSA) is 46.6 Å². The van der Waals surface area contributed by atoms with Gasteiger partial charge in [-0.1, -0.05) is 25.3 Å². The van der Waals surface area contributed by atoms with Gasteiger partial charge in [0.15, 0.2) is 0 Å². The number of nitrogens with zero attached hydrogens (tertiary/aromatic N) is 1. The lowest BCUT2D eigenvalue weighted by molar-refractivity contribution is -0.109. The summed E-state index contributed by atoms with van der Waals surface area (Å²) < 4.78 is 4.80. The maximum absolute atomic E-state index is 11.7. The number of anilines is 1. The monoisotopic (exact) mass is 301 g/mol. The number of ether oxygens (including phenoxy) is 1. The van der Waals surface area contributed by atoms with Crippen LogP contribution < -0.4 is 4.90 Å². The lowest BCUT2D eigenvalue weighted by Gasteiger charge is -2.31. The normalized spacial score (nSPS) is 24.9. The first-order chi connectivity index (χ1) is 10.7. The molecule has 1 aliphatic carbocycles. The molecule has 3 rings (SSSR count). The van der Waals surface area contributed by atoms with Gasteiger partial charge in [-0.05, 0) is 36.5 Å². The molecule has 2 atom stereocenters. The predicted octanol–water partition coefficient (Wildman–Crippen LogP) is 3.15. The molecular formula is C18H23NO3. The summed E-state index contributed by atoms with van der Waals surface area (Å²) in [5, 5.41) is 0. The van der Waals surface area contributed by atoms with E-state index in [0.29, 0.717) is 11.5 Å². The molecule has 4 nitrogen and oxygen atoms in total. The number of esters is 1. The number of fused-ring (bicyclic) bond motifs is 1. The van der Waals surface area contributed by atoms with E-state index in [1.807, 2.05) is 30.1 Å². The summed E-state index contributed by atoms with van der Waals surface area (Å²) in [4.78, 5) is 25.4. The fourth-order valence-electron chi connectivity index (χ4n) is 4.16. The zero-order valence-electron chi connectivity index (χ0n) is 13.2. The third-order valence-corrected chi connectivity index (χ3v) is 5.30. The second-order valence-corrected chi connectivity index (χ2v) is 6.43. The Kier molecular flexibility index (Phi) is 4.19. The molecule has 0 aromatic heterocycles. The van der Waals surface area contributed by atoms with Gasteiger partial charge in [-0.25, -0.2) is 4.79 Å². The Bertz CT molecular complexity index is 578. The summed E-state index contributed by atoms with van der Waals surface area (Å²) >= 11 is 0. The minimum Gasteiger partial charge on any atom is -0.465 e. The highest BCUT2D eigenvalue weighted by molar-refractivity contribution is 5.91. The van der Waals surface area contributed by atoms with E-state index >= 15 is 0 Å². The molecule has 0 amide bonds. The summed E-state index contributed by atoms with van der Waals surface area (Å²) in [6.07, 6.45) is 7.27. The molecule has 0 bridgehead atoms. The molecule has 0 radical (unpaired) electrons. The predicted molar refractivity (Wildman–Crippen MR) is 85.4 cm³/mol. The van der Waals surface area contributed by atoms with Crippen LogP contribution in [0.5, 0.6) is 0 Å². The lowest BCUT2D eigenvalue weighted by Crippen LogP contribution is -2.35. The first kappa shape index (κ1) is 15.1. The van der Waals surface area contributed by atoms with Crippen LogP contribution in [0.15, 0.2) is 18.2 Å². The Morgan fingerprint density at radius 2 is 2.00 bits per heavy atom. The van der Waals surface area contributed by atoms with Crippen LogP contribution in [-0.4, -0.2) is 32.5 Å². The summed E-state index contributed by atoms with van der Waals surface area (Å²) in [6, 6.07) is 5.58. The van der Waals surface area contributed by atoms with Gasteiger partial charge in [0.05, 0.1) is 18.7 Å². The van der Waals surface area contributed by atoms with Gasteiger partial charge < -0.3 is 14.4 Å². The molecule has 1 fully saturated rings. The summed E-state index contributed by atoms with van der Waals surface area (Å²) in [7, 11) is 3.33. The van der Waals surface area contributed by atoms with Crippen LogP contribution >= 0.6 is 0 Å². The molecule has 1 saturated carbocycles. The summed E-state index contributed by atoms with van der Waals surface area (Å²) in [6.45, 7) is 0. The van der Waals surface area contributed by atoms with Crippen molar-refractivity contribution >= 4 is 17.9 Å². The molecule has 118 valence electrons. The second kappa shape index (κ2) is 6.11. The maximum atomic E-state index is 11.7. The van der Waals surface area contributed by atoms with Crippen molar-refractivity contribution in [1.29, 1.82) is 0 Å². The number of benzene rings is 1. The van der Waals surface area contributed by atoms with Gasteiger partial charge in [0.1, 0.15) is 6.29 Å². The largest absolute Gasteiger partial charge is 0.465 e. The first-order valence-electron chi connectivity index (χ1n) is 8.07. The number of carbonyl (C=O) groups excluding carboxylic acids is 2. The Hall–Kier alpha value is -1.84. The van der Waals surface area contributed by atoms with Crippen LogP contribution in [0.25, 0.3) is 0 Å². The molecule has 2 aliphatic rings. The summed E-state index contributed by atoms with van der Waals surface area (Å²) in [5.41, 5.74) is 2.75. The SMILES string of the molecule is COC(=O)c1ccc2c(c1)N(C)C(C=O)C2C1CCCCC1. The summed E-state index contributed by atoms with van der Waals surface area (Å²) in [5.74, 6) is 0.487. The number of methoxy groups -OCH3 is 1. The second-order valence-electron chi connectivity index (χ2n) is 6.43. The van der Waals surface area contributed by atoms with Crippen molar-refractivity contribution in [3.8, 4) is 0 Å². The van der Waals surface area contributed by atoms with Gasteiger partial charge in [0.25, 0.3) is 0 Å². The minimum atomic E-state index is -0.333. The van der Waals surface area contributed by atoms with Crippen LogP contribution in [0, 0.1) is 5.92 Å². The third-order valence-electron chi connectivity index (χ3n) is 5.30. The van der Waals surface area contributed by atoms with Crippen molar-refractivity contribution in [3.63, 3.8) is 0 Å². The molecule has 2 unspecified atom stereocenters. The Morgan fingerprint density at radius 3 is 2.64 bits per heavy atom. The van der Waals surface area contributed by atoms with Crippen molar-refractivity contribution < 1.29 is 14.3 Å². The molecular weight excluding hydrogens is 278 g/mol. The van der Waals surface area contributed by atoms with Crippen LogP contribution in [0.4, 0.5) is 5.69 Å². The van der Waals surface area contributed by atoms with Crippen LogP contribution in [0.2, 0.25) is 0 Å². The van der Waals surface area contributed by atoms with Gasteiger partial charge in [0.2, 0.25) is 0 Å². The van der Waals surface area contributed by atoms with Gasteiger partial charge in [-0.2, -0.15) is 0 Å². The molecule has 22 heavy (non-hydrogen) atoms. The molecule has 1 aliphatic heterocycles. The third kappa shape index (κ3) is 2.40. The number of hydrogen-bond acceptors (Lipinski definition) is 4. The van der Waals surface area contributed by atoms with E-state index < -0.39 is 0 Å². The molecule has 1 aromatic carbocycles. The van der Waals surface area contributed by atoms with E-state index in [2.05, 4.69) is 0 Å². The zero-order valence-corrected chi connectivity index (χ0v) is 13.2. The van der Waals surface area contributed by atoms with Crippen LogP contribution in [0.3, 0.4) is 0 Å². The van der Waals surface area contributed by atoms with Gasteiger partial charge in [-0.3, -0.25) is 0 Å². The van der Waals surface area contributed by atoms with Crippen molar-refractivity contribution in [2.75, 3.05) is 19.1 Å². The van der Waals surface area contributed by atoms with E-state index in [4.69, 9.17) is 4.74 Å². The van der Waals surface area contributed by atoms with Gasteiger partial charge in [-0.15, -0.1) is 0 Å². The number of likely N-dealkylation sites (N-methyl/N-ethyl adjacent to an activating group) is 1. The van der Waals surface area contributed by atoms with Crippen molar-refractivity contribution in [1.82, 2.24) is 0 Å². The number of carbonyl (C=O) groups is 2. The minimum absolute atomic E-state index is 0.119. The molecule has 0 spiro atoms. The maximum Gasteiger partial charge on any atom is 0.337 e. The molecule has 1 aromatic rings. The number of aldehydes is 1. The van der Waals surface area contributed by atoms with Crippen LogP contribution in [-0.2, 0) is 9.53 Å². The molecule has 4 heteroatoms. The van der Waals surface area contributed by atoms with Crippen LogP contribution in [0.1, 0.15) is 53.9 Å². The first-order valence-corrected chi connectivity index (χ1v) is 8.07. The molecule has 1 heterocycles. The van der Waals surface area contributed by atoms with Gasteiger partial charge >= 0.3 is 5.97 Å². The van der Waals surface area contributed by atoms with E-state index in [0.717, 1.165) is 12.0 Å². The standard InChI is InChI=1S/C18H23NO3/c1-19-15-10-13(18(21)22-2)8-9-14(15)17(16(19)11-20)12-6-4-3-5-7-12/h8-12,16-17H,3-7H2,1-2H3. The van der Waals surface area contributed by atoms with Crippen molar-refractivity contribution in [2.45, 2.75) is 44.1 Å². The van der Waals surface area contributed by atoms with Gasteiger partial charge in [0, 0.05) is 18.7 Å². The highest BCUT2D eigenvalue weighted by atomic mass is 16.5. The number of hydrogen-bond donors (Lipinski definition) is 0. The van der Waals surface area contributed by atoms with E-state index in [1.54, 1.807) is 0 Å². The quantitative estimate of drug-likeness (QED) is 0.635. The Morgan fingerprint density at radius 1 is 1.27 bits per heavy atom. The van der Waals surface area contributed by atoms with Crippen molar-refractivity contribution in [2.24, 2.45) is 5.92 Å². The highest BCUT2D eigenvalue weighted by Crippen LogP contribution is 2.47. The Labute approximate surface area is 131 Å². The zero-order chi connectivity index (χ0) is 15.7.